The summed E-state index contributed by atoms with van der Waals surface area (Å²) >= 11 is 1.84. The molecule has 76 valence electrons. The van der Waals surface area contributed by atoms with Gasteiger partial charge in [-0.3, -0.25) is 4.98 Å². The van der Waals surface area contributed by atoms with Gasteiger partial charge in [-0.05, 0) is 6.07 Å². The maximum absolute atomic E-state index is 5.71. The van der Waals surface area contributed by atoms with Crippen LogP contribution < -0.4 is 11.1 Å². The highest BCUT2D eigenvalue weighted by Gasteiger charge is 1.95. The summed E-state index contributed by atoms with van der Waals surface area (Å²) in [6, 6.07) is 1.88. The topological polar surface area (TPSA) is 50.9 Å². The Morgan fingerprint density at radius 3 is 3.21 bits per heavy atom. The molecule has 0 aliphatic carbocycles. The molecule has 1 aromatic heterocycles. The highest BCUT2D eigenvalue weighted by atomic mass is 32.2. The lowest BCUT2D eigenvalue weighted by Gasteiger charge is -2.07. The van der Waals surface area contributed by atoms with Crippen molar-refractivity contribution in [2.24, 2.45) is 0 Å². The number of nitrogens with zero attached hydrogens (tertiary/aromatic N) is 1. The first-order chi connectivity index (χ1) is 6.84. The van der Waals surface area contributed by atoms with E-state index in [2.05, 4.69) is 16.9 Å². The summed E-state index contributed by atoms with van der Waals surface area (Å²) in [6.45, 7) is 4.57. The Labute approximate surface area is 88.8 Å². The van der Waals surface area contributed by atoms with Crippen molar-refractivity contribution in [1.82, 2.24) is 4.98 Å². The zero-order valence-electron chi connectivity index (χ0n) is 8.07. The maximum Gasteiger partial charge on any atom is 0.0736 e. The number of hydrogen-bond acceptors (Lipinski definition) is 4. The Kier molecular flexibility index (Phi) is 4.93. The zero-order chi connectivity index (χ0) is 10.2. The predicted octanol–water partition coefficient (Wildman–Crippen LogP) is 1.99. The molecule has 0 bridgehead atoms. The standard InChI is InChI=1S/C10H15N3S/c1-2-6-14-7-5-13-10-3-4-12-8-9(10)11/h2-4,8H,1,5-7,11H2,(H,12,13). The fourth-order valence-corrected chi connectivity index (χ4v) is 1.57. The first-order valence-electron chi connectivity index (χ1n) is 4.46. The summed E-state index contributed by atoms with van der Waals surface area (Å²) < 4.78 is 0. The number of pyridine rings is 1. The van der Waals surface area contributed by atoms with Crippen LogP contribution in [0.3, 0.4) is 0 Å². The third-order valence-corrected chi connectivity index (χ3v) is 2.61. The van der Waals surface area contributed by atoms with Gasteiger partial charge in [-0.1, -0.05) is 6.08 Å². The molecule has 3 nitrogen and oxygen atoms in total. The van der Waals surface area contributed by atoms with Crippen molar-refractivity contribution in [2.45, 2.75) is 0 Å². The molecule has 0 amide bonds. The smallest absolute Gasteiger partial charge is 0.0736 e. The molecule has 0 aliphatic heterocycles. The van der Waals surface area contributed by atoms with Crippen LogP contribution in [-0.4, -0.2) is 23.0 Å². The van der Waals surface area contributed by atoms with Gasteiger partial charge in [-0.2, -0.15) is 11.8 Å². The van der Waals surface area contributed by atoms with Crippen LogP contribution in [0.25, 0.3) is 0 Å². The molecule has 0 aliphatic rings. The van der Waals surface area contributed by atoms with Gasteiger partial charge in [0.1, 0.15) is 0 Å². The van der Waals surface area contributed by atoms with E-state index in [1.807, 2.05) is 23.9 Å². The van der Waals surface area contributed by atoms with Gasteiger partial charge in [-0.15, -0.1) is 6.58 Å². The van der Waals surface area contributed by atoms with E-state index in [1.54, 1.807) is 12.4 Å². The molecule has 1 heterocycles. The molecule has 0 radical (unpaired) electrons. The summed E-state index contributed by atoms with van der Waals surface area (Å²) in [5, 5.41) is 3.25. The Morgan fingerprint density at radius 2 is 2.50 bits per heavy atom. The second kappa shape index (κ2) is 6.32. The highest BCUT2D eigenvalue weighted by Crippen LogP contribution is 2.14. The van der Waals surface area contributed by atoms with Crippen molar-refractivity contribution >= 4 is 23.1 Å². The Bertz CT molecular complexity index is 288. The second-order valence-corrected chi connectivity index (χ2v) is 3.90. The Hall–Kier alpha value is -1.16. The van der Waals surface area contributed by atoms with Crippen molar-refractivity contribution in [2.75, 3.05) is 29.1 Å². The first kappa shape index (κ1) is 10.9. The van der Waals surface area contributed by atoms with Gasteiger partial charge in [-0.25, -0.2) is 0 Å². The lowest BCUT2D eigenvalue weighted by Crippen LogP contribution is -2.06. The molecule has 0 fully saturated rings. The lowest BCUT2D eigenvalue weighted by atomic mass is 10.3. The number of thioether (sulfide) groups is 1. The molecular weight excluding hydrogens is 194 g/mol. The second-order valence-electron chi connectivity index (χ2n) is 2.75. The summed E-state index contributed by atoms with van der Waals surface area (Å²) in [7, 11) is 0. The quantitative estimate of drug-likeness (QED) is 0.556. The van der Waals surface area contributed by atoms with E-state index < -0.39 is 0 Å². The van der Waals surface area contributed by atoms with Gasteiger partial charge in [0, 0.05) is 24.2 Å². The SMILES string of the molecule is C=CCSCCNc1ccncc1N. The average Bonchev–Trinajstić information content (AvgIpc) is 2.20. The molecule has 0 saturated heterocycles. The van der Waals surface area contributed by atoms with Crippen molar-refractivity contribution in [3.63, 3.8) is 0 Å². The van der Waals surface area contributed by atoms with Crippen LogP contribution in [0.15, 0.2) is 31.1 Å². The molecule has 0 unspecified atom stereocenters. The van der Waals surface area contributed by atoms with Gasteiger partial charge in [0.25, 0.3) is 0 Å². The highest BCUT2D eigenvalue weighted by molar-refractivity contribution is 7.99. The Balaban J connectivity index is 2.24. The van der Waals surface area contributed by atoms with E-state index >= 15 is 0 Å². The van der Waals surface area contributed by atoms with Crippen LogP contribution in [0.4, 0.5) is 11.4 Å². The number of nitrogens with two attached hydrogens (primary N) is 1. The van der Waals surface area contributed by atoms with Crippen LogP contribution in [0, 0.1) is 0 Å². The molecule has 0 spiro atoms. The fraction of sp³-hybridized carbons (Fsp3) is 0.300. The van der Waals surface area contributed by atoms with Gasteiger partial charge in [0.05, 0.1) is 17.6 Å². The van der Waals surface area contributed by atoms with Gasteiger partial charge < -0.3 is 11.1 Å². The van der Waals surface area contributed by atoms with E-state index in [9.17, 15) is 0 Å². The summed E-state index contributed by atoms with van der Waals surface area (Å²) in [4.78, 5) is 3.92. The van der Waals surface area contributed by atoms with E-state index in [-0.39, 0.29) is 0 Å². The van der Waals surface area contributed by atoms with E-state index in [4.69, 9.17) is 5.73 Å². The number of anilines is 2. The molecule has 0 atom stereocenters. The predicted molar refractivity (Wildman–Crippen MR) is 64.7 cm³/mol. The maximum atomic E-state index is 5.71. The number of nitrogens with one attached hydrogen (secondary N) is 1. The minimum Gasteiger partial charge on any atom is -0.396 e. The lowest BCUT2D eigenvalue weighted by molar-refractivity contribution is 1.21. The van der Waals surface area contributed by atoms with E-state index in [0.717, 1.165) is 23.7 Å². The number of rotatable bonds is 6. The normalized spacial score (nSPS) is 9.71. The van der Waals surface area contributed by atoms with Crippen molar-refractivity contribution < 1.29 is 0 Å². The summed E-state index contributed by atoms with van der Waals surface area (Å²) in [5.41, 5.74) is 7.37. The third-order valence-electron chi connectivity index (χ3n) is 1.65. The molecule has 4 heteroatoms. The fourth-order valence-electron chi connectivity index (χ4n) is 0.992. The molecule has 0 saturated carbocycles. The van der Waals surface area contributed by atoms with Gasteiger partial charge >= 0.3 is 0 Å². The number of aromatic nitrogens is 1. The molecule has 14 heavy (non-hydrogen) atoms. The summed E-state index contributed by atoms with van der Waals surface area (Å²) in [5.74, 6) is 2.04. The van der Waals surface area contributed by atoms with E-state index in [1.165, 1.54) is 0 Å². The van der Waals surface area contributed by atoms with Crippen LogP contribution in [0.2, 0.25) is 0 Å². The van der Waals surface area contributed by atoms with Gasteiger partial charge in [0.2, 0.25) is 0 Å². The van der Waals surface area contributed by atoms with Crippen LogP contribution in [0.5, 0.6) is 0 Å². The average molecular weight is 209 g/mol. The van der Waals surface area contributed by atoms with Crippen LogP contribution in [0.1, 0.15) is 0 Å². The molecule has 3 N–H and O–H groups in total. The van der Waals surface area contributed by atoms with E-state index in [0.29, 0.717) is 5.69 Å². The minimum absolute atomic E-state index is 0.696. The molecule has 1 aromatic rings. The van der Waals surface area contributed by atoms with Crippen LogP contribution in [-0.2, 0) is 0 Å². The van der Waals surface area contributed by atoms with Gasteiger partial charge in [0.15, 0.2) is 0 Å². The van der Waals surface area contributed by atoms with Crippen molar-refractivity contribution in [3.8, 4) is 0 Å². The van der Waals surface area contributed by atoms with Crippen molar-refractivity contribution in [3.05, 3.63) is 31.1 Å². The van der Waals surface area contributed by atoms with Crippen LogP contribution >= 0.6 is 11.8 Å². The third kappa shape index (κ3) is 3.70. The molecule has 1 rings (SSSR count). The molecule has 0 aromatic carbocycles. The first-order valence-corrected chi connectivity index (χ1v) is 5.62. The summed E-state index contributed by atoms with van der Waals surface area (Å²) in [6.07, 6.45) is 5.29. The minimum atomic E-state index is 0.696. The number of nitrogen functional groups attached to an aromatic ring is 1. The number of hydrogen-bond donors (Lipinski definition) is 2. The largest absolute Gasteiger partial charge is 0.396 e. The van der Waals surface area contributed by atoms with Crippen molar-refractivity contribution in [1.29, 1.82) is 0 Å². The zero-order valence-corrected chi connectivity index (χ0v) is 8.89. The molecular formula is C10H15N3S. The monoisotopic (exact) mass is 209 g/mol. The Morgan fingerprint density at radius 1 is 1.64 bits per heavy atom.